The Kier molecular flexibility index (Phi) is 8.30. The molecule has 2 N–H and O–H groups in total. The lowest BCUT2D eigenvalue weighted by Gasteiger charge is -2.38. The Bertz CT molecular complexity index is 1760. The fourth-order valence-corrected chi connectivity index (χ4v) is 8.48. The molecule has 4 aromatic rings. The van der Waals surface area contributed by atoms with E-state index in [2.05, 4.69) is 31.4 Å². The SMILES string of the molecule is Cc1ccc(-n2nc(C(C)(C)C)cc2NC(=O)Nc2ccc(CC3CC4CCC(C3)N4S(=O)(=O)c3ccc(F)cc3)cc2)cc1. The van der Waals surface area contributed by atoms with Crippen LogP contribution in [0.2, 0.25) is 0 Å². The molecule has 8 nitrogen and oxygen atoms in total. The Morgan fingerprint density at radius 1 is 0.911 bits per heavy atom. The summed E-state index contributed by atoms with van der Waals surface area (Å²) in [7, 11) is -3.66. The van der Waals surface area contributed by atoms with Crippen LogP contribution in [0.3, 0.4) is 0 Å². The first kappa shape index (κ1) is 31.0. The highest BCUT2D eigenvalue weighted by molar-refractivity contribution is 7.89. The van der Waals surface area contributed by atoms with Crippen LogP contribution < -0.4 is 10.6 Å². The topological polar surface area (TPSA) is 96.3 Å². The molecular formula is C35H40FN5O3S. The molecule has 0 radical (unpaired) electrons. The van der Waals surface area contributed by atoms with E-state index in [9.17, 15) is 17.6 Å². The molecular weight excluding hydrogens is 589 g/mol. The van der Waals surface area contributed by atoms with Crippen molar-refractivity contribution < 1.29 is 17.6 Å². The maximum Gasteiger partial charge on any atom is 0.324 e. The predicted molar refractivity (Wildman–Crippen MR) is 175 cm³/mol. The summed E-state index contributed by atoms with van der Waals surface area (Å²) in [5.41, 5.74) is 4.51. The van der Waals surface area contributed by atoms with Crippen molar-refractivity contribution in [2.24, 2.45) is 5.92 Å². The molecule has 0 saturated carbocycles. The second-order valence-electron chi connectivity index (χ2n) is 13.4. The van der Waals surface area contributed by atoms with Gasteiger partial charge in [-0.05, 0) is 99.0 Å². The molecule has 236 valence electrons. The third-order valence-corrected chi connectivity index (χ3v) is 10.9. The maximum atomic E-state index is 13.4. The number of benzene rings is 3. The standard InChI is InChI=1S/C35H40FN5O3S/c1-23-5-13-28(14-6-23)40-33(22-32(39-40)35(2,3)4)38-34(42)37-27-11-7-24(8-12-27)19-25-20-29-15-16-30(21-25)41(29)45(43,44)31-17-9-26(36)10-18-31/h5-14,17-18,22,25,29-30H,15-16,19-21H2,1-4H3,(H2,37,38,42). The number of aromatic nitrogens is 2. The molecule has 2 unspecified atom stereocenters. The third kappa shape index (κ3) is 6.67. The highest BCUT2D eigenvalue weighted by Gasteiger charge is 2.47. The number of anilines is 2. The molecule has 0 spiro atoms. The van der Waals surface area contributed by atoms with Gasteiger partial charge in [0.1, 0.15) is 11.6 Å². The van der Waals surface area contributed by atoms with E-state index in [1.54, 1.807) is 8.99 Å². The van der Waals surface area contributed by atoms with Gasteiger partial charge in [-0.2, -0.15) is 9.40 Å². The van der Waals surface area contributed by atoms with Crippen molar-refractivity contribution in [1.82, 2.24) is 14.1 Å². The van der Waals surface area contributed by atoms with Crippen molar-refractivity contribution in [1.29, 1.82) is 0 Å². The molecule has 1 aromatic heterocycles. The lowest BCUT2D eigenvalue weighted by atomic mass is 9.87. The zero-order valence-corrected chi connectivity index (χ0v) is 26.9. The lowest BCUT2D eigenvalue weighted by molar-refractivity contribution is 0.190. The van der Waals surface area contributed by atoms with E-state index >= 15 is 0 Å². The molecule has 2 bridgehead atoms. The number of hydrogen-bond acceptors (Lipinski definition) is 4. The van der Waals surface area contributed by atoms with Crippen LogP contribution in [0.1, 0.15) is 63.3 Å². The number of nitrogens with one attached hydrogen (secondary N) is 2. The van der Waals surface area contributed by atoms with Crippen molar-refractivity contribution in [3.8, 4) is 5.69 Å². The fourth-order valence-electron chi connectivity index (χ4n) is 6.59. The van der Waals surface area contributed by atoms with Gasteiger partial charge in [-0.15, -0.1) is 0 Å². The van der Waals surface area contributed by atoms with E-state index in [-0.39, 0.29) is 28.4 Å². The van der Waals surface area contributed by atoms with Gasteiger partial charge in [0.05, 0.1) is 16.3 Å². The maximum absolute atomic E-state index is 13.4. The quantitative estimate of drug-likeness (QED) is 0.222. The Morgan fingerprint density at radius 3 is 2.13 bits per heavy atom. The average molecular weight is 630 g/mol. The first-order valence-electron chi connectivity index (χ1n) is 15.5. The van der Waals surface area contributed by atoms with Gasteiger partial charge in [0.25, 0.3) is 0 Å². The third-order valence-electron chi connectivity index (χ3n) is 8.89. The van der Waals surface area contributed by atoms with E-state index < -0.39 is 15.8 Å². The van der Waals surface area contributed by atoms with Crippen LogP contribution in [-0.2, 0) is 21.9 Å². The molecule has 2 aliphatic rings. The largest absolute Gasteiger partial charge is 0.324 e. The van der Waals surface area contributed by atoms with E-state index in [1.165, 1.54) is 24.3 Å². The zero-order valence-electron chi connectivity index (χ0n) is 26.1. The first-order valence-corrected chi connectivity index (χ1v) is 16.9. The van der Waals surface area contributed by atoms with E-state index in [4.69, 9.17) is 5.10 Å². The van der Waals surface area contributed by atoms with Crippen LogP contribution in [-0.4, -0.2) is 40.6 Å². The number of amides is 2. The first-order chi connectivity index (χ1) is 21.4. The number of aryl methyl sites for hydroxylation is 1. The van der Waals surface area contributed by atoms with Gasteiger partial charge in [0.2, 0.25) is 10.0 Å². The van der Waals surface area contributed by atoms with Crippen LogP contribution >= 0.6 is 0 Å². The summed E-state index contributed by atoms with van der Waals surface area (Å²) >= 11 is 0. The smallest absolute Gasteiger partial charge is 0.308 e. The van der Waals surface area contributed by atoms with Gasteiger partial charge in [-0.25, -0.2) is 22.3 Å². The number of carbonyl (C=O) groups is 1. The van der Waals surface area contributed by atoms with E-state index in [1.807, 2.05) is 61.5 Å². The van der Waals surface area contributed by atoms with Crippen molar-refractivity contribution in [3.63, 3.8) is 0 Å². The second kappa shape index (κ2) is 12.1. The van der Waals surface area contributed by atoms with Crippen molar-refractivity contribution >= 4 is 27.6 Å². The highest BCUT2D eigenvalue weighted by atomic mass is 32.2. The number of halogens is 1. The number of urea groups is 1. The molecule has 2 saturated heterocycles. The molecule has 3 heterocycles. The molecule has 2 aliphatic heterocycles. The zero-order chi connectivity index (χ0) is 31.9. The van der Waals surface area contributed by atoms with Crippen LogP contribution in [0.4, 0.5) is 20.7 Å². The predicted octanol–water partition coefficient (Wildman–Crippen LogP) is 7.44. The number of hydrogen-bond donors (Lipinski definition) is 2. The Labute approximate surface area is 264 Å². The monoisotopic (exact) mass is 629 g/mol. The lowest BCUT2D eigenvalue weighted by Crippen LogP contribution is -2.46. The van der Waals surface area contributed by atoms with Crippen LogP contribution in [0.15, 0.2) is 83.8 Å². The molecule has 10 heteroatoms. The Hall–Kier alpha value is -4.02. The molecule has 3 aromatic carbocycles. The minimum absolute atomic E-state index is 0.0411. The number of nitrogens with zero attached hydrogens (tertiary/aromatic N) is 3. The summed E-state index contributed by atoms with van der Waals surface area (Å²) in [5.74, 6) is 0.501. The minimum atomic E-state index is -3.66. The summed E-state index contributed by atoms with van der Waals surface area (Å²) in [4.78, 5) is 13.2. The van der Waals surface area contributed by atoms with Gasteiger partial charge >= 0.3 is 6.03 Å². The van der Waals surface area contributed by atoms with E-state index in [0.717, 1.165) is 54.6 Å². The summed E-state index contributed by atoms with van der Waals surface area (Å²) in [6.45, 7) is 8.29. The van der Waals surface area contributed by atoms with Crippen molar-refractivity contribution in [3.05, 3.63) is 102 Å². The Balaban J connectivity index is 1.08. The van der Waals surface area contributed by atoms with Gasteiger partial charge < -0.3 is 5.32 Å². The van der Waals surface area contributed by atoms with Crippen LogP contribution in [0.5, 0.6) is 0 Å². The van der Waals surface area contributed by atoms with Crippen molar-refractivity contribution in [2.45, 2.75) is 82.2 Å². The van der Waals surface area contributed by atoms with Gasteiger partial charge in [-0.1, -0.05) is 50.6 Å². The van der Waals surface area contributed by atoms with E-state index in [0.29, 0.717) is 17.4 Å². The normalized spacial score (nSPS) is 20.2. The average Bonchev–Trinajstić information content (AvgIpc) is 3.54. The minimum Gasteiger partial charge on any atom is -0.308 e. The molecule has 2 atom stereocenters. The van der Waals surface area contributed by atoms with Crippen molar-refractivity contribution in [2.75, 3.05) is 10.6 Å². The molecule has 2 fully saturated rings. The summed E-state index contributed by atoms with van der Waals surface area (Å²) < 4.78 is 43.6. The van der Waals surface area contributed by atoms with Gasteiger partial charge in [-0.3, -0.25) is 5.32 Å². The molecule has 0 aliphatic carbocycles. The molecule has 45 heavy (non-hydrogen) atoms. The highest BCUT2D eigenvalue weighted by Crippen LogP contribution is 2.43. The summed E-state index contributed by atoms with van der Waals surface area (Å²) in [6, 6.07) is 22.4. The number of fused-ring (bicyclic) bond motifs is 2. The Morgan fingerprint density at radius 2 is 1.53 bits per heavy atom. The van der Waals surface area contributed by atoms with Gasteiger partial charge in [0, 0.05) is 29.3 Å². The summed E-state index contributed by atoms with van der Waals surface area (Å²) in [5, 5.41) is 10.7. The van der Waals surface area contributed by atoms with Crippen LogP contribution in [0, 0.1) is 18.7 Å². The number of piperidine rings is 1. The molecule has 2 amide bonds. The second-order valence-corrected chi connectivity index (χ2v) is 15.2. The summed E-state index contributed by atoms with van der Waals surface area (Å²) in [6.07, 6.45) is 4.13. The fraction of sp³-hybridized carbons (Fsp3) is 0.371. The van der Waals surface area contributed by atoms with Crippen LogP contribution in [0.25, 0.3) is 5.69 Å². The number of sulfonamides is 1. The molecule has 6 rings (SSSR count). The number of rotatable bonds is 7. The van der Waals surface area contributed by atoms with Gasteiger partial charge in [0.15, 0.2) is 0 Å². The number of carbonyl (C=O) groups excluding carboxylic acids is 1.